The third-order valence-corrected chi connectivity index (χ3v) is 4.26. The van der Waals surface area contributed by atoms with E-state index >= 15 is 0 Å². The van der Waals surface area contributed by atoms with Gasteiger partial charge in [-0.25, -0.2) is 0 Å². The smallest absolute Gasteiger partial charge is 0.0696 e. The van der Waals surface area contributed by atoms with Crippen LogP contribution in [0.2, 0.25) is 0 Å². The lowest BCUT2D eigenvalue weighted by molar-refractivity contribution is 0.284. The van der Waals surface area contributed by atoms with Gasteiger partial charge >= 0.3 is 0 Å². The van der Waals surface area contributed by atoms with E-state index in [1.54, 1.807) is 11.3 Å². The zero-order valence-corrected chi connectivity index (χ0v) is 10.1. The van der Waals surface area contributed by atoms with Crippen molar-refractivity contribution in [2.45, 2.75) is 13.5 Å². The lowest BCUT2D eigenvalue weighted by atomic mass is 10.1. The van der Waals surface area contributed by atoms with Crippen LogP contribution in [0.4, 0.5) is 0 Å². The SMILES string of the molecule is Cc1cc2c(CO)csc2cc1I. The molecule has 0 amide bonds. The second-order valence-corrected chi connectivity index (χ2v) is 5.09. The number of aliphatic hydroxyl groups is 1. The number of benzene rings is 1. The molecule has 0 aliphatic carbocycles. The summed E-state index contributed by atoms with van der Waals surface area (Å²) < 4.78 is 2.55. The molecule has 1 aromatic heterocycles. The second-order valence-electron chi connectivity index (χ2n) is 3.02. The maximum atomic E-state index is 9.09. The molecule has 0 unspecified atom stereocenters. The zero-order chi connectivity index (χ0) is 9.42. The zero-order valence-electron chi connectivity index (χ0n) is 7.17. The van der Waals surface area contributed by atoms with E-state index in [1.807, 2.05) is 5.38 Å². The predicted octanol–water partition coefficient (Wildman–Crippen LogP) is 3.31. The molecule has 2 rings (SSSR count). The molecule has 1 N–H and O–H groups in total. The van der Waals surface area contributed by atoms with Gasteiger partial charge in [-0.05, 0) is 63.5 Å². The van der Waals surface area contributed by atoms with Crippen LogP contribution >= 0.6 is 33.9 Å². The Hall–Kier alpha value is -0.130. The Morgan fingerprint density at radius 2 is 2.23 bits per heavy atom. The molecule has 68 valence electrons. The van der Waals surface area contributed by atoms with E-state index in [0.29, 0.717) is 0 Å². The fourth-order valence-electron chi connectivity index (χ4n) is 1.33. The van der Waals surface area contributed by atoms with Crippen LogP contribution in [0.1, 0.15) is 11.1 Å². The van der Waals surface area contributed by atoms with E-state index in [-0.39, 0.29) is 6.61 Å². The van der Waals surface area contributed by atoms with Crippen molar-refractivity contribution in [1.29, 1.82) is 0 Å². The minimum atomic E-state index is 0.139. The molecular formula is C10H9IOS. The van der Waals surface area contributed by atoms with Crippen LogP contribution in [-0.4, -0.2) is 5.11 Å². The first-order valence-corrected chi connectivity index (χ1v) is 5.95. The van der Waals surface area contributed by atoms with Gasteiger partial charge in [-0.2, -0.15) is 0 Å². The Labute approximate surface area is 94.5 Å². The predicted molar refractivity (Wildman–Crippen MR) is 65.2 cm³/mol. The molecule has 0 radical (unpaired) electrons. The summed E-state index contributed by atoms with van der Waals surface area (Å²) in [6, 6.07) is 4.33. The van der Waals surface area contributed by atoms with Crippen LogP contribution in [0, 0.1) is 10.5 Å². The molecule has 0 saturated heterocycles. The summed E-state index contributed by atoms with van der Waals surface area (Å²) in [5.74, 6) is 0. The Balaban J connectivity index is 2.77. The number of hydrogen-bond donors (Lipinski definition) is 1. The van der Waals surface area contributed by atoms with Crippen molar-refractivity contribution >= 4 is 44.0 Å². The standard InChI is InChI=1S/C10H9IOS/c1-6-2-8-7(4-12)5-13-10(8)3-9(6)11/h2-3,5,12H,4H2,1H3. The number of halogens is 1. The molecule has 0 saturated carbocycles. The molecule has 1 heterocycles. The third kappa shape index (κ3) is 1.60. The molecule has 13 heavy (non-hydrogen) atoms. The first-order chi connectivity index (χ1) is 6.22. The maximum absolute atomic E-state index is 9.09. The van der Waals surface area contributed by atoms with Crippen molar-refractivity contribution in [2.75, 3.05) is 0 Å². The second kappa shape index (κ2) is 3.55. The first-order valence-electron chi connectivity index (χ1n) is 3.99. The molecule has 0 atom stereocenters. The van der Waals surface area contributed by atoms with Crippen molar-refractivity contribution < 1.29 is 5.11 Å². The number of aryl methyl sites for hydroxylation is 1. The Kier molecular flexibility index (Phi) is 2.58. The summed E-state index contributed by atoms with van der Waals surface area (Å²) in [5.41, 5.74) is 2.32. The van der Waals surface area contributed by atoms with E-state index in [0.717, 1.165) is 5.56 Å². The van der Waals surface area contributed by atoms with Crippen LogP contribution in [0.25, 0.3) is 10.1 Å². The highest BCUT2D eigenvalue weighted by molar-refractivity contribution is 14.1. The van der Waals surface area contributed by atoms with Gasteiger partial charge in [0, 0.05) is 8.27 Å². The summed E-state index contributed by atoms with van der Waals surface area (Å²) >= 11 is 4.03. The largest absolute Gasteiger partial charge is 0.392 e. The van der Waals surface area contributed by atoms with Crippen LogP contribution < -0.4 is 0 Å². The van der Waals surface area contributed by atoms with Crippen LogP contribution in [0.5, 0.6) is 0 Å². The van der Waals surface area contributed by atoms with Gasteiger partial charge in [0.25, 0.3) is 0 Å². The molecule has 0 aliphatic rings. The van der Waals surface area contributed by atoms with E-state index < -0.39 is 0 Å². The van der Waals surface area contributed by atoms with Gasteiger partial charge in [0.15, 0.2) is 0 Å². The first kappa shape index (κ1) is 9.43. The normalized spacial score (nSPS) is 11.0. The molecule has 0 spiro atoms. The summed E-state index contributed by atoms with van der Waals surface area (Å²) in [5, 5.41) is 12.3. The number of thiophene rings is 1. The van der Waals surface area contributed by atoms with Gasteiger partial charge in [0.2, 0.25) is 0 Å². The summed E-state index contributed by atoms with van der Waals surface area (Å²) in [6.45, 7) is 2.24. The minimum absolute atomic E-state index is 0.139. The van der Waals surface area contributed by atoms with Crippen LogP contribution in [0.15, 0.2) is 17.5 Å². The molecule has 3 heteroatoms. The number of aliphatic hydroxyl groups excluding tert-OH is 1. The van der Waals surface area contributed by atoms with E-state index in [2.05, 4.69) is 41.6 Å². The van der Waals surface area contributed by atoms with Crippen LogP contribution in [0.3, 0.4) is 0 Å². The maximum Gasteiger partial charge on any atom is 0.0696 e. The van der Waals surface area contributed by atoms with Crippen LogP contribution in [-0.2, 0) is 6.61 Å². The average molecular weight is 304 g/mol. The molecular weight excluding hydrogens is 295 g/mol. The highest BCUT2D eigenvalue weighted by Crippen LogP contribution is 2.29. The number of rotatable bonds is 1. The topological polar surface area (TPSA) is 20.2 Å². The molecule has 0 aliphatic heterocycles. The monoisotopic (exact) mass is 304 g/mol. The highest BCUT2D eigenvalue weighted by atomic mass is 127. The number of hydrogen-bond acceptors (Lipinski definition) is 2. The van der Waals surface area contributed by atoms with Crippen molar-refractivity contribution in [3.05, 3.63) is 32.2 Å². The van der Waals surface area contributed by atoms with Crippen molar-refractivity contribution in [3.8, 4) is 0 Å². The van der Waals surface area contributed by atoms with Gasteiger partial charge in [-0.1, -0.05) is 0 Å². The van der Waals surface area contributed by atoms with Gasteiger partial charge in [-0.3, -0.25) is 0 Å². The van der Waals surface area contributed by atoms with Crippen molar-refractivity contribution in [2.24, 2.45) is 0 Å². The van der Waals surface area contributed by atoms with Gasteiger partial charge in [-0.15, -0.1) is 11.3 Å². The van der Waals surface area contributed by atoms with Gasteiger partial charge in [0.1, 0.15) is 0 Å². The summed E-state index contributed by atoms with van der Waals surface area (Å²) in [6.07, 6.45) is 0. The quantitative estimate of drug-likeness (QED) is 0.802. The van der Waals surface area contributed by atoms with Crippen molar-refractivity contribution in [3.63, 3.8) is 0 Å². The Morgan fingerprint density at radius 1 is 1.46 bits per heavy atom. The van der Waals surface area contributed by atoms with E-state index in [1.165, 1.54) is 19.2 Å². The molecule has 0 fully saturated rings. The lowest BCUT2D eigenvalue weighted by Gasteiger charge is -1.99. The fraction of sp³-hybridized carbons (Fsp3) is 0.200. The summed E-state index contributed by atoms with van der Waals surface area (Å²) in [4.78, 5) is 0. The molecule has 0 bridgehead atoms. The molecule has 1 aromatic carbocycles. The Bertz CT molecular complexity index is 447. The van der Waals surface area contributed by atoms with E-state index in [4.69, 9.17) is 5.11 Å². The van der Waals surface area contributed by atoms with Crippen molar-refractivity contribution in [1.82, 2.24) is 0 Å². The van der Waals surface area contributed by atoms with E-state index in [9.17, 15) is 0 Å². The lowest BCUT2D eigenvalue weighted by Crippen LogP contribution is -1.82. The Morgan fingerprint density at radius 3 is 2.92 bits per heavy atom. The fourth-order valence-corrected chi connectivity index (χ4v) is 2.98. The molecule has 2 aromatic rings. The average Bonchev–Trinajstić information content (AvgIpc) is 2.48. The summed E-state index contributed by atoms with van der Waals surface area (Å²) in [7, 11) is 0. The highest BCUT2D eigenvalue weighted by Gasteiger charge is 2.05. The minimum Gasteiger partial charge on any atom is -0.392 e. The number of fused-ring (bicyclic) bond motifs is 1. The van der Waals surface area contributed by atoms with Gasteiger partial charge < -0.3 is 5.11 Å². The van der Waals surface area contributed by atoms with Gasteiger partial charge in [0.05, 0.1) is 6.61 Å². The molecule has 1 nitrogen and oxygen atoms in total. The third-order valence-electron chi connectivity index (χ3n) is 2.11.